The highest BCUT2D eigenvalue weighted by Gasteiger charge is 2.29. The number of hydrogen-bond donors (Lipinski definition) is 0. The lowest BCUT2D eigenvalue weighted by Gasteiger charge is -2.16. The fraction of sp³-hybridized carbons (Fsp3) is 0. The average Bonchev–Trinajstić information content (AvgIpc) is 1.54. The van der Waals surface area contributed by atoms with Crippen LogP contribution in [0.1, 0.15) is 0 Å². The van der Waals surface area contributed by atoms with Crippen LogP contribution in [0.3, 0.4) is 0 Å². The van der Waals surface area contributed by atoms with Gasteiger partial charge in [-0.1, -0.05) is 273 Å². The van der Waals surface area contributed by atoms with E-state index in [9.17, 15) is 0 Å². The highest BCUT2D eigenvalue weighted by molar-refractivity contribution is 6.28. The fourth-order valence-corrected chi connectivity index (χ4v) is 15.3. The lowest BCUT2D eigenvalue weighted by molar-refractivity contribution is 0.953. The SMILES string of the molecule is c1ccc(-c2cccc(-c3nc(-c4ccccc4)nc(-n4c5ccccc5c5c(-c6cccc(-c7ccccc7-c7nc(-c8ccccc8)nc(-n8c9ccccc9c9ccc%10c%11ccccc%11n(-c%11ccccc%11)c%10c98)n7)c6)cc6c7ccccc7n(-c7ccccc7)c6c54)n3)c2)cc1. The van der Waals surface area contributed by atoms with Crippen LogP contribution in [0.25, 0.3) is 189 Å². The Bertz CT molecular complexity index is 6630. The number of rotatable bonds is 11. The summed E-state index contributed by atoms with van der Waals surface area (Å²) in [5.41, 5.74) is 20.1. The Hall–Kier alpha value is -13.7. The second-order valence-electron chi connectivity index (χ2n) is 25.4. The first-order valence-corrected chi connectivity index (χ1v) is 33.7. The molecule has 0 radical (unpaired) electrons. The van der Waals surface area contributed by atoms with Crippen LogP contribution in [-0.4, -0.2) is 48.2 Å². The normalized spacial score (nSPS) is 11.8. The van der Waals surface area contributed by atoms with Gasteiger partial charge < -0.3 is 9.13 Å². The van der Waals surface area contributed by atoms with Crippen molar-refractivity contribution < 1.29 is 0 Å². The molecule has 6 heterocycles. The van der Waals surface area contributed by atoms with Gasteiger partial charge in [-0.25, -0.2) is 9.97 Å². The van der Waals surface area contributed by atoms with E-state index in [1.807, 2.05) is 42.5 Å². The number of hydrogen-bond acceptors (Lipinski definition) is 6. The van der Waals surface area contributed by atoms with E-state index in [0.29, 0.717) is 35.2 Å². The molecule has 466 valence electrons. The molecule has 10 heteroatoms. The van der Waals surface area contributed by atoms with Crippen molar-refractivity contribution in [2.45, 2.75) is 0 Å². The van der Waals surface area contributed by atoms with E-state index in [1.54, 1.807) is 0 Å². The molecule has 14 aromatic carbocycles. The highest BCUT2D eigenvalue weighted by Crippen LogP contribution is 2.48. The van der Waals surface area contributed by atoms with E-state index in [2.05, 4.69) is 316 Å². The van der Waals surface area contributed by atoms with Gasteiger partial charge in [-0.15, -0.1) is 0 Å². The molecule has 0 aliphatic carbocycles. The molecule has 0 fully saturated rings. The Kier molecular flexibility index (Phi) is 13.0. The van der Waals surface area contributed by atoms with Gasteiger partial charge >= 0.3 is 0 Å². The molecular weight excluding hydrogens is 1220 g/mol. The first-order chi connectivity index (χ1) is 49.6. The summed E-state index contributed by atoms with van der Waals surface area (Å²) in [6.07, 6.45) is 0. The lowest BCUT2D eigenvalue weighted by Crippen LogP contribution is -2.07. The minimum atomic E-state index is 0.502. The summed E-state index contributed by atoms with van der Waals surface area (Å²) >= 11 is 0. The first kappa shape index (κ1) is 56.6. The molecule has 6 aromatic heterocycles. The number of benzene rings is 14. The van der Waals surface area contributed by atoms with E-state index < -0.39 is 0 Å². The summed E-state index contributed by atoms with van der Waals surface area (Å²) in [5, 5.41) is 8.82. The molecule has 0 spiro atoms. The fourth-order valence-electron chi connectivity index (χ4n) is 15.3. The monoisotopic (exact) mass is 1280 g/mol. The van der Waals surface area contributed by atoms with Crippen LogP contribution in [0.4, 0.5) is 0 Å². The van der Waals surface area contributed by atoms with Crippen LogP contribution in [0.5, 0.6) is 0 Å². The molecule has 20 rings (SSSR count). The van der Waals surface area contributed by atoms with Crippen molar-refractivity contribution in [3.05, 3.63) is 340 Å². The van der Waals surface area contributed by atoms with Crippen LogP contribution in [0, 0.1) is 0 Å². The molecule has 0 aliphatic rings. The van der Waals surface area contributed by atoms with E-state index in [-0.39, 0.29) is 0 Å². The molecule has 20 aromatic rings. The molecule has 0 aliphatic heterocycles. The van der Waals surface area contributed by atoms with Crippen molar-refractivity contribution in [3.8, 4) is 102 Å². The predicted molar refractivity (Wildman–Crippen MR) is 409 cm³/mol. The van der Waals surface area contributed by atoms with Crippen LogP contribution < -0.4 is 0 Å². The maximum absolute atomic E-state index is 5.68. The summed E-state index contributed by atoms with van der Waals surface area (Å²) in [4.78, 5) is 33.1. The van der Waals surface area contributed by atoms with E-state index in [0.717, 1.165) is 149 Å². The highest BCUT2D eigenvalue weighted by atomic mass is 15.2. The van der Waals surface area contributed by atoms with E-state index in [4.69, 9.17) is 29.9 Å². The van der Waals surface area contributed by atoms with Crippen molar-refractivity contribution in [3.63, 3.8) is 0 Å². The van der Waals surface area contributed by atoms with Crippen molar-refractivity contribution in [2.75, 3.05) is 0 Å². The van der Waals surface area contributed by atoms with Crippen molar-refractivity contribution in [2.24, 2.45) is 0 Å². The molecule has 10 nitrogen and oxygen atoms in total. The van der Waals surface area contributed by atoms with Gasteiger partial charge in [-0.2, -0.15) is 19.9 Å². The van der Waals surface area contributed by atoms with E-state index in [1.165, 1.54) is 5.39 Å². The number of para-hydroxylation sites is 6. The van der Waals surface area contributed by atoms with Gasteiger partial charge in [0.2, 0.25) is 11.9 Å². The largest absolute Gasteiger partial charge is 0.307 e. The van der Waals surface area contributed by atoms with Crippen LogP contribution >= 0.6 is 0 Å². The second-order valence-corrected chi connectivity index (χ2v) is 25.4. The van der Waals surface area contributed by atoms with Gasteiger partial charge in [0.15, 0.2) is 23.3 Å². The zero-order valence-corrected chi connectivity index (χ0v) is 53.8. The topological polar surface area (TPSA) is 97.1 Å². The molecule has 100 heavy (non-hydrogen) atoms. The molecule has 0 N–H and O–H groups in total. The smallest absolute Gasteiger partial charge is 0.238 e. The maximum atomic E-state index is 5.68. The Morgan fingerprint density at radius 1 is 0.180 bits per heavy atom. The third-order valence-corrected chi connectivity index (χ3v) is 19.7. The van der Waals surface area contributed by atoms with Gasteiger partial charge in [0.25, 0.3) is 0 Å². The Morgan fingerprint density at radius 2 is 0.530 bits per heavy atom. The quantitative estimate of drug-likeness (QED) is 0.128. The van der Waals surface area contributed by atoms with Crippen molar-refractivity contribution >= 4 is 87.2 Å². The van der Waals surface area contributed by atoms with Gasteiger partial charge in [-0.05, 0) is 100 Å². The van der Waals surface area contributed by atoms with Crippen LogP contribution in [0.2, 0.25) is 0 Å². The Labute approximate surface area is 574 Å². The van der Waals surface area contributed by atoms with Gasteiger partial charge in [0.1, 0.15) is 0 Å². The minimum Gasteiger partial charge on any atom is -0.307 e. The second kappa shape index (κ2) is 23.0. The minimum absolute atomic E-state index is 0.502. The Balaban J connectivity index is 0.830. The molecule has 0 bridgehead atoms. The van der Waals surface area contributed by atoms with Gasteiger partial charge in [-0.3, -0.25) is 9.13 Å². The maximum Gasteiger partial charge on any atom is 0.238 e. The van der Waals surface area contributed by atoms with Crippen LogP contribution in [-0.2, 0) is 0 Å². The summed E-state index contributed by atoms with van der Waals surface area (Å²) in [5.74, 6) is 3.26. The number of fused-ring (bicyclic) bond motifs is 14. The zero-order valence-electron chi connectivity index (χ0n) is 53.8. The molecule has 0 atom stereocenters. The van der Waals surface area contributed by atoms with E-state index >= 15 is 0 Å². The zero-order chi connectivity index (χ0) is 65.8. The van der Waals surface area contributed by atoms with Gasteiger partial charge in [0, 0.05) is 76.7 Å². The Morgan fingerprint density at radius 3 is 1.09 bits per heavy atom. The van der Waals surface area contributed by atoms with Gasteiger partial charge in [0.05, 0.1) is 44.1 Å². The molecule has 0 saturated carbocycles. The third kappa shape index (κ3) is 9.05. The molecular formula is C90H56N10. The van der Waals surface area contributed by atoms with Crippen molar-refractivity contribution in [1.82, 2.24) is 48.2 Å². The van der Waals surface area contributed by atoms with Crippen LogP contribution in [0.15, 0.2) is 340 Å². The molecule has 0 unspecified atom stereocenters. The molecule has 0 saturated heterocycles. The number of aromatic nitrogens is 10. The lowest BCUT2D eigenvalue weighted by atomic mass is 9.92. The number of nitrogens with zero attached hydrogens (tertiary/aromatic N) is 10. The average molecular weight is 1280 g/mol. The summed E-state index contributed by atoms with van der Waals surface area (Å²) < 4.78 is 9.37. The first-order valence-electron chi connectivity index (χ1n) is 33.7. The van der Waals surface area contributed by atoms with Crippen molar-refractivity contribution in [1.29, 1.82) is 0 Å². The molecule has 0 amide bonds. The predicted octanol–water partition coefficient (Wildman–Crippen LogP) is 22.1. The standard InChI is InChI=1S/C90H56N10/c1-6-28-57(29-7-1)60-34-26-37-63(54-60)87-91-85(58-30-8-2-9-31-58)93-89(95-87)100-79-51-25-21-47-73(79)80-74(56-75-69-45-20-23-49-77(69)98(83(75)84(80)100)65-40-14-5-15-41-65)62-36-27-35-61(55-62)66-42-16-17-46-72(66)88-92-86(59-32-10-3-11-33-59)94-90(96-88)99-78-50-24-19-44-68(78)71-53-52-70-67-43-18-22-48-76(67)97(81(70)82(71)99)64-38-12-4-13-39-64/h1-56H. The third-order valence-electron chi connectivity index (χ3n) is 19.7. The summed E-state index contributed by atoms with van der Waals surface area (Å²) in [6, 6.07) is 120. The summed E-state index contributed by atoms with van der Waals surface area (Å²) in [7, 11) is 0. The summed E-state index contributed by atoms with van der Waals surface area (Å²) in [6.45, 7) is 0.